The van der Waals surface area contributed by atoms with Gasteiger partial charge in [0.25, 0.3) is 0 Å². The molecule has 1 aromatic heterocycles. The first-order valence-electron chi connectivity index (χ1n) is 6.81. The predicted octanol–water partition coefficient (Wildman–Crippen LogP) is 0.0314. The van der Waals surface area contributed by atoms with Gasteiger partial charge in [0.05, 0.1) is 18.8 Å². The fourth-order valence-electron chi connectivity index (χ4n) is 3.13. The summed E-state index contributed by atoms with van der Waals surface area (Å²) in [5, 5.41) is 0. The second-order valence-electron chi connectivity index (χ2n) is 5.28. The summed E-state index contributed by atoms with van der Waals surface area (Å²) >= 11 is 0. The van der Waals surface area contributed by atoms with Crippen LogP contribution in [0.4, 0.5) is 5.82 Å². The molecule has 3 heterocycles. The maximum atomic E-state index is 5.99. The molecule has 3 rings (SSSR count). The van der Waals surface area contributed by atoms with Crippen LogP contribution >= 0.6 is 0 Å². The molecule has 6 heteroatoms. The lowest BCUT2D eigenvalue weighted by Gasteiger charge is -2.38. The van der Waals surface area contributed by atoms with Crippen LogP contribution in [-0.2, 0) is 4.74 Å². The normalized spacial score (nSPS) is 29.1. The van der Waals surface area contributed by atoms with Crippen LogP contribution in [-0.4, -0.2) is 41.7 Å². The zero-order valence-electron chi connectivity index (χ0n) is 11.0. The molecule has 3 unspecified atom stereocenters. The summed E-state index contributed by atoms with van der Waals surface area (Å²) in [6.45, 7) is 2.83. The summed E-state index contributed by atoms with van der Waals surface area (Å²) in [5.74, 6) is 6.22. The van der Waals surface area contributed by atoms with Crippen LogP contribution in [0.3, 0.4) is 0 Å². The second kappa shape index (κ2) is 5.42. The SMILES string of the molecule is NNC(c1cccnc1N)C1CN2CCCC2CO1. The van der Waals surface area contributed by atoms with Crippen molar-refractivity contribution >= 4 is 5.82 Å². The van der Waals surface area contributed by atoms with Crippen LogP contribution in [0.5, 0.6) is 0 Å². The Kier molecular flexibility index (Phi) is 3.65. The van der Waals surface area contributed by atoms with Gasteiger partial charge in [-0.2, -0.15) is 0 Å². The summed E-state index contributed by atoms with van der Waals surface area (Å²) in [5.41, 5.74) is 9.68. The van der Waals surface area contributed by atoms with Gasteiger partial charge in [-0.1, -0.05) is 6.07 Å². The Balaban J connectivity index is 1.77. The van der Waals surface area contributed by atoms with Gasteiger partial charge in [-0.25, -0.2) is 4.98 Å². The number of nitrogens with one attached hydrogen (secondary N) is 1. The molecule has 0 radical (unpaired) electrons. The maximum Gasteiger partial charge on any atom is 0.128 e. The average molecular weight is 263 g/mol. The fourth-order valence-corrected chi connectivity index (χ4v) is 3.13. The van der Waals surface area contributed by atoms with Gasteiger partial charge >= 0.3 is 0 Å². The highest BCUT2D eigenvalue weighted by Gasteiger charge is 2.36. The Hall–Kier alpha value is -1.21. The van der Waals surface area contributed by atoms with Crippen LogP contribution < -0.4 is 17.0 Å². The highest BCUT2D eigenvalue weighted by atomic mass is 16.5. The van der Waals surface area contributed by atoms with Crippen LogP contribution in [0.2, 0.25) is 0 Å². The van der Waals surface area contributed by atoms with Crippen molar-refractivity contribution in [1.29, 1.82) is 0 Å². The van der Waals surface area contributed by atoms with Gasteiger partial charge in [0.1, 0.15) is 5.82 Å². The molecule has 2 fully saturated rings. The van der Waals surface area contributed by atoms with Crippen molar-refractivity contribution < 1.29 is 4.74 Å². The predicted molar refractivity (Wildman–Crippen MR) is 73.0 cm³/mol. The summed E-state index contributed by atoms with van der Waals surface area (Å²) in [7, 11) is 0. The number of pyridine rings is 1. The fraction of sp³-hybridized carbons (Fsp3) is 0.615. The summed E-state index contributed by atoms with van der Waals surface area (Å²) in [6.07, 6.45) is 4.20. The van der Waals surface area contributed by atoms with E-state index in [0.29, 0.717) is 11.9 Å². The summed E-state index contributed by atoms with van der Waals surface area (Å²) in [6, 6.07) is 4.29. The molecule has 2 saturated heterocycles. The molecule has 1 aromatic rings. The van der Waals surface area contributed by atoms with Gasteiger partial charge in [-0.05, 0) is 25.5 Å². The second-order valence-corrected chi connectivity index (χ2v) is 5.28. The van der Waals surface area contributed by atoms with Crippen molar-refractivity contribution in [3.8, 4) is 0 Å². The van der Waals surface area contributed by atoms with Crippen molar-refractivity contribution in [2.45, 2.75) is 31.0 Å². The number of nitrogen functional groups attached to an aromatic ring is 1. The number of fused-ring (bicyclic) bond motifs is 1. The molecule has 3 atom stereocenters. The molecule has 2 aliphatic rings. The molecular weight excluding hydrogens is 242 g/mol. The third-order valence-electron chi connectivity index (χ3n) is 4.17. The number of ether oxygens (including phenoxy) is 1. The zero-order chi connectivity index (χ0) is 13.2. The molecule has 0 spiro atoms. The van der Waals surface area contributed by atoms with Crippen LogP contribution in [0.25, 0.3) is 0 Å². The zero-order valence-corrected chi connectivity index (χ0v) is 11.0. The van der Waals surface area contributed by atoms with Gasteiger partial charge in [0.15, 0.2) is 0 Å². The van der Waals surface area contributed by atoms with E-state index in [-0.39, 0.29) is 12.1 Å². The van der Waals surface area contributed by atoms with Crippen molar-refractivity contribution in [3.05, 3.63) is 23.9 Å². The smallest absolute Gasteiger partial charge is 0.128 e. The maximum absolute atomic E-state index is 5.99. The van der Waals surface area contributed by atoms with E-state index in [2.05, 4.69) is 15.3 Å². The summed E-state index contributed by atoms with van der Waals surface area (Å²) in [4.78, 5) is 6.61. The molecule has 0 saturated carbocycles. The van der Waals surface area contributed by atoms with E-state index in [1.165, 1.54) is 12.8 Å². The van der Waals surface area contributed by atoms with E-state index in [0.717, 1.165) is 25.3 Å². The number of nitrogens with zero attached hydrogens (tertiary/aromatic N) is 2. The van der Waals surface area contributed by atoms with Crippen molar-refractivity contribution in [1.82, 2.24) is 15.3 Å². The minimum Gasteiger partial charge on any atom is -0.383 e. The molecular formula is C13H21N5O. The number of hydrogen-bond acceptors (Lipinski definition) is 6. The third kappa shape index (κ3) is 2.44. The van der Waals surface area contributed by atoms with E-state index in [9.17, 15) is 0 Å². The number of hydrazine groups is 1. The number of anilines is 1. The van der Waals surface area contributed by atoms with Crippen molar-refractivity contribution in [2.75, 3.05) is 25.4 Å². The highest BCUT2D eigenvalue weighted by Crippen LogP contribution is 2.29. The van der Waals surface area contributed by atoms with Crippen molar-refractivity contribution in [2.24, 2.45) is 5.84 Å². The molecule has 104 valence electrons. The first-order chi connectivity index (χ1) is 9.29. The lowest BCUT2D eigenvalue weighted by molar-refractivity contribution is -0.0652. The number of hydrogen-bond donors (Lipinski definition) is 3. The Labute approximate surface area is 113 Å². The molecule has 0 aromatic carbocycles. The minimum absolute atomic E-state index is 0.0193. The highest BCUT2D eigenvalue weighted by molar-refractivity contribution is 5.41. The lowest BCUT2D eigenvalue weighted by atomic mass is 10.0. The molecule has 0 bridgehead atoms. The number of nitrogens with two attached hydrogens (primary N) is 2. The Morgan fingerprint density at radius 2 is 2.42 bits per heavy atom. The molecule has 0 aliphatic carbocycles. The van der Waals surface area contributed by atoms with Gasteiger partial charge < -0.3 is 10.5 Å². The van der Waals surface area contributed by atoms with E-state index in [1.807, 2.05) is 12.1 Å². The number of aromatic nitrogens is 1. The first kappa shape index (κ1) is 12.8. The summed E-state index contributed by atoms with van der Waals surface area (Å²) < 4.78 is 5.99. The quantitative estimate of drug-likeness (QED) is 0.527. The van der Waals surface area contributed by atoms with Crippen LogP contribution in [0.1, 0.15) is 24.4 Å². The van der Waals surface area contributed by atoms with Crippen molar-refractivity contribution in [3.63, 3.8) is 0 Å². The van der Waals surface area contributed by atoms with Gasteiger partial charge in [0.2, 0.25) is 0 Å². The van der Waals surface area contributed by atoms with Crippen LogP contribution in [0.15, 0.2) is 18.3 Å². The van der Waals surface area contributed by atoms with Crippen LogP contribution in [0, 0.1) is 0 Å². The Morgan fingerprint density at radius 3 is 3.21 bits per heavy atom. The average Bonchev–Trinajstić information content (AvgIpc) is 2.89. The van der Waals surface area contributed by atoms with E-state index in [1.54, 1.807) is 6.20 Å². The molecule has 19 heavy (non-hydrogen) atoms. The van der Waals surface area contributed by atoms with E-state index >= 15 is 0 Å². The minimum atomic E-state index is -0.116. The largest absolute Gasteiger partial charge is 0.383 e. The molecule has 5 N–H and O–H groups in total. The van der Waals surface area contributed by atoms with E-state index < -0.39 is 0 Å². The standard InChI is InChI=1S/C13H21N5O/c14-13-10(4-1-5-16-13)12(17-15)11-7-18-6-2-3-9(18)8-19-11/h1,4-5,9,11-12,17H,2-3,6-8,15H2,(H2,14,16). The number of rotatable bonds is 3. The topological polar surface area (TPSA) is 89.4 Å². The number of morpholine rings is 1. The third-order valence-corrected chi connectivity index (χ3v) is 4.17. The monoisotopic (exact) mass is 263 g/mol. The Morgan fingerprint density at radius 1 is 1.53 bits per heavy atom. The first-order valence-corrected chi connectivity index (χ1v) is 6.81. The van der Waals surface area contributed by atoms with Gasteiger partial charge in [-0.3, -0.25) is 16.2 Å². The molecule has 2 aliphatic heterocycles. The van der Waals surface area contributed by atoms with Gasteiger partial charge in [0, 0.05) is 24.3 Å². The Bertz CT molecular complexity index is 441. The lowest BCUT2D eigenvalue weighted by Crippen LogP contribution is -2.51. The van der Waals surface area contributed by atoms with Gasteiger partial charge in [-0.15, -0.1) is 0 Å². The molecule has 0 amide bonds. The van der Waals surface area contributed by atoms with E-state index in [4.69, 9.17) is 16.3 Å². The molecule has 6 nitrogen and oxygen atoms in total.